The zero-order chi connectivity index (χ0) is 4.24. The summed E-state index contributed by atoms with van der Waals surface area (Å²) in [6, 6.07) is 0. The van der Waals surface area contributed by atoms with E-state index in [2.05, 4.69) is 16.0 Å². The van der Waals surface area contributed by atoms with Crippen molar-refractivity contribution in [3.63, 3.8) is 0 Å². The average Bonchev–Trinajstić information content (AvgIpc) is 1.72. The van der Waals surface area contributed by atoms with Crippen molar-refractivity contribution in [2.75, 3.05) is 0 Å². The van der Waals surface area contributed by atoms with Gasteiger partial charge in [-0.25, -0.2) is 10.3 Å². The smallest absolute Gasteiger partial charge is 0.116 e. The first kappa shape index (κ1) is 16.5. The van der Waals surface area contributed by atoms with Crippen LogP contribution in [0.25, 0.3) is 0 Å². The molecule has 0 fully saturated rings. The molecule has 0 aromatic heterocycles. The van der Waals surface area contributed by atoms with Crippen LogP contribution in [0.2, 0.25) is 0 Å². The maximum atomic E-state index is 3.62. The van der Waals surface area contributed by atoms with Crippen molar-refractivity contribution in [3.05, 3.63) is 18.1 Å². The second kappa shape index (κ2) is 11.7. The Morgan fingerprint density at radius 3 is 1.89 bits per heavy atom. The van der Waals surface area contributed by atoms with E-state index < -0.39 is 0 Å². The minimum atomic E-state index is 0. The Morgan fingerprint density at radius 2 is 1.78 bits per heavy atom. The first-order chi connectivity index (χ1) is 3.00. The number of nitrogens with zero attached hydrogens (tertiary/aromatic N) is 2. The molecule has 1 aliphatic rings. The molecule has 0 aromatic rings. The van der Waals surface area contributed by atoms with Gasteiger partial charge >= 0.3 is 0 Å². The van der Waals surface area contributed by atoms with E-state index >= 15 is 0 Å². The molecule has 0 bridgehead atoms. The van der Waals surface area contributed by atoms with Gasteiger partial charge in [-0.1, -0.05) is 5.73 Å². The third-order valence-corrected chi connectivity index (χ3v) is 0.431. The Morgan fingerprint density at radius 1 is 1.11 bits per heavy atom. The van der Waals surface area contributed by atoms with Crippen LogP contribution in [0, 0.1) is 41.7 Å². The standard InChI is InChI=1S/C4H3N2.Ce.2ClH/c1-2-5-4-6-3-1;;;/h2-4H;;2*1H/p-2. The second-order valence-electron chi connectivity index (χ2n) is 0.838. The maximum Gasteiger partial charge on any atom is 0.116 e. The quantitative estimate of drug-likeness (QED) is 0.398. The minimum absolute atomic E-state index is 0. The summed E-state index contributed by atoms with van der Waals surface area (Å²) in [5.74, 6) is 0. The van der Waals surface area contributed by atoms with Gasteiger partial charge in [0.2, 0.25) is 0 Å². The average molecular weight is 290 g/mol. The molecule has 1 heterocycles. The molecule has 0 aromatic carbocycles. The molecule has 1 radical (unpaired) electrons. The molecule has 2 nitrogen and oxygen atoms in total. The van der Waals surface area contributed by atoms with Crippen molar-refractivity contribution in [3.8, 4) is 0 Å². The number of aliphatic imine (C=N–C) groups is 1. The van der Waals surface area contributed by atoms with E-state index in [1.807, 2.05) is 0 Å². The zero-order valence-electron chi connectivity index (χ0n) is 4.38. The van der Waals surface area contributed by atoms with Crippen LogP contribution in [0.5, 0.6) is 0 Å². The molecule has 0 unspecified atom stereocenters. The first-order valence-electron chi connectivity index (χ1n) is 1.61. The molecule has 0 atom stereocenters. The fourth-order valence-electron chi connectivity index (χ4n) is 0.225. The molecule has 0 aliphatic carbocycles. The molecule has 1 rings (SSSR count). The van der Waals surface area contributed by atoms with Gasteiger partial charge in [-0.05, 0) is 0 Å². The fourth-order valence-corrected chi connectivity index (χ4v) is 0.225. The van der Waals surface area contributed by atoms with Crippen molar-refractivity contribution in [1.29, 1.82) is 0 Å². The number of rotatable bonds is 0. The number of hydrogen-bond donors (Lipinski definition) is 0. The molecule has 0 spiro atoms. The van der Waals surface area contributed by atoms with Crippen molar-refractivity contribution in [2.45, 2.75) is 0 Å². The summed E-state index contributed by atoms with van der Waals surface area (Å²) < 4.78 is 0. The van der Waals surface area contributed by atoms with Gasteiger partial charge in [-0.15, -0.1) is 0 Å². The molecule has 49 valence electrons. The largest absolute Gasteiger partial charge is 1.00 e. The number of hydrogen-bond acceptors (Lipinski definition) is 1. The Bertz CT molecular complexity index is 129. The van der Waals surface area contributed by atoms with Crippen LogP contribution in [-0.4, -0.2) is 6.34 Å². The van der Waals surface area contributed by atoms with Gasteiger partial charge in [-0.3, -0.25) is 0 Å². The molecule has 1 aliphatic heterocycles. The molecule has 0 amide bonds. The molecule has 0 saturated carbocycles. The SMILES string of the molecule is C1=C[N]C=NC=1.[Ce].[Cl-].[Cl-]. The summed E-state index contributed by atoms with van der Waals surface area (Å²) in [6.45, 7) is 0. The van der Waals surface area contributed by atoms with Gasteiger partial charge in [-0.2, -0.15) is 0 Å². The van der Waals surface area contributed by atoms with Crippen LogP contribution in [0.15, 0.2) is 23.1 Å². The molecule has 9 heavy (non-hydrogen) atoms. The van der Waals surface area contributed by atoms with Crippen molar-refractivity contribution in [1.82, 2.24) is 5.32 Å². The van der Waals surface area contributed by atoms with Crippen LogP contribution in [-0.2, 0) is 0 Å². The molecule has 5 heteroatoms. The number of halogens is 2. The molecular weight excluding hydrogens is 287 g/mol. The fraction of sp³-hybridized carbons (Fsp3) is 0. The van der Waals surface area contributed by atoms with E-state index in [9.17, 15) is 0 Å². The van der Waals surface area contributed by atoms with Gasteiger partial charge < -0.3 is 24.8 Å². The molecule has 0 N–H and O–H groups in total. The van der Waals surface area contributed by atoms with E-state index in [-0.39, 0.29) is 66.6 Å². The van der Waals surface area contributed by atoms with Crippen LogP contribution in [0.4, 0.5) is 0 Å². The van der Waals surface area contributed by atoms with Gasteiger partial charge in [0, 0.05) is 41.7 Å². The van der Waals surface area contributed by atoms with Crippen LogP contribution in [0.1, 0.15) is 0 Å². The molecule has 0 saturated heterocycles. The van der Waals surface area contributed by atoms with Crippen molar-refractivity contribution >= 4 is 6.34 Å². The van der Waals surface area contributed by atoms with Gasteiger partial charge in [0.15, 0.2) is 0 Å². The zero-order valence-corrected chi connectivity index (χ0v) is 9.03. The maximum absolute atomic E-state index is 3.62. The van der Waals surface area contributed by atoms with Crippen LogP contribution >= 0.6 is 0 Å². The van der Waals surface area contributed by atoms with E-state index in [0.29, 0.717) is 0 Å². The van der Waals surface area contributed by atoms with Gasteiger partial charge in [0.05, 0.1) is 12.4 Å². The third kappa shape index (κ3) is 8.95. The normalized spacial score (nSPS) is 9.78. The molecular formula is C4H3CeCl2N2-2. The third-order valence-electron chi connectivity index (χ3n) is 0.431. The predicted octanol–water partition coefficient (Wildman–Crippen LogP) is -5.73. The Kier molecular flexibility index (Phi) is 21.5. The Hall–Kier alpha value is 0.947. The van der Waals surface area contributed by atoms with Gasteiger partial charge in [0.25, 0.3) is 0 Å². The summed E-state index contributed by atoms with van der Waals surface area (Å²) in [5.41, 5.74) is 2.67. The van der Waals surface area contributed by atoms with E-state index in [1.54, 1.807) is 12.4 Å². The summed E-state index contributed by atoms with van der Waals surface area (Å²) in [7, 11) is 0. The monoisotopic (exact) mass is 289 g/mol. The summed E-state index contributed by atoms with van der Waals surface area (Å²) in [5, 5.41) is 3.62. The van der Waals surface area contributed by atoms with Gasteiger partial charge in [0.1, 0.15) is 6.34 Å². The van der Waals surface area contributed by atoms with Crippen LogP contribution < -0.4 is 30.1 Å². The van der Waals surface area contributed by atoms with E-state index in [1.165, 1.54) is 6.34 Å². The van der Waals surface area contributed by atoms with E-state index in [4.69, 9.17) is 0 Å². The Labute approximate surface area is 100 Å². The topological polar surface area (TPSA) is 26.5 Å². The van der Waals surface area contributed by atoms with E-state index in [0.717, 1.165) is 0 Å². The first-order valence-corrected chi connectivity index (χ1v) is 1.61. The van der Waals surface area contributed by atoms with Crippen molar-refractivity contribution in [2.24, 2.45) is 4.99 Å². The second-order valence-corrected chi connectivity index (χ2v) is 0.838. The Balaban J connectivity index is -0.000000120. The van der Waals surface area contributed by atoms with Crippen LogP contribution in [0.3, 0.4) is 0 Å². The summed E-state index contributed by atoms with van der Waals surface area (Å²) in [4.78, 5) is 3.62. The summed E-state index contributed by atoms with van der Waals surface area (Å²) >= 11 is 0. The predicted molar refractivity (Wildman–Crippen MR) is 23.3 cm³/mol. The minimum Gasteiger partial charge on any atom is -1.00 e. The summed E-state index contributed by atoms with van der Waals surface area (Å²) in [6.07, 6.45) is 4.59. The van der Waals surface area contributed by atoms with Crippen molar-refractivity contribution < 1.29 is 66.6 Å².